The van der Waals surface area contributed by atoms with Gasteiger partial charge < -0.3 is 5.32 Å². The number of hydrogen-bond acceptors (Lipinski definition) is 1. The van der Waals surface area contributed by atoms with E-state index >= 15 is 0 Å². The first-order valence-corrected chi connectivity index (χ1v) is 5.66. The van der Waals surface area contributed by atoms with Crippen LogP contribution in [0.4, 0.5) is 0 Å². The maximum Gasteiger partial charge on any atom is 0.0943 e. The fourth-order valence-electron chi connectivity index (χ4n) is 2.25. The van der Waals surface area contributed by atoms with Crippen LogP contribution in [-0.4, -0.2) is 6.54 Å². The average Bonchev–Trinajstić information content (AvgIpc) is 2.72. The predicted molar refractivity (Wildman–Crippen MR) is 63.7 cm³/mol. The third kappa shape index (κ3) is 2.06. The lowest BCUT2D eigenvalue weighted by Gasteiger charge is -2.13. The number of terminal acetylenes is 1. The van der Waals surface area contributed by atoms with Crippen molar-refractivity contribution in [2.45, 2.75) is 32.2 Å². The molecule has 1 nitrogen and oxygen atoms in total. The van der Waals surface area contributed by atoms with Gasteiger partial charge >= 0.3 is 0 Å². The Hall–Kier alpha value is -1.26. The summed E-state index contributed by atoms with van der Waals surface area (Å²) in [7, 11) is 0. The summed E-state index contributed by atoms with van der Waals surface area (Å²) in [6.07, 6.45) is 9.26. The zero-order chi connectivity index (χ0) is 10.7. The average molecular weight is 199 g/mol. The molecule has 0 bridgehead atoms. The number of benzene rings is 1. The highest BCUT2D eigenvalue weighted by Crippen LogP contribution is 2.25. The lowest BCUT2D eigenvalue weighted by molar-refractivity contribution is 0.664. The molecule has 1 aliphatic rings. The summed E-state index contributed by atoms with van der Waals surface area (Å²) in [5.74, 6) is 2.80. The largest absolute Gasteiger partial charge is 0.300 e. The van der Waals surface area contributed by atoms with Gasteiger partial charge in [0.05, 0.1) is 6.04 Å². The van der Waals surface area contributed by atoms with Crippen molar-refractivity contribution < 1.29 is 0 Å². The Morgan fingerprint density at radius 3 is 2.93 bits per heavy atom. The van der Waals surface area contributed by atoms with Crippen LogP contribution in [0.5, 0.6) is 0 Å². The van der Waals surface area contributed by atoms with Crippen LogP contribution < -0.4 is 5.32 Å². The van der Waals surface area contributed by atoms with Gasteiger partial charge in [-0.3, -0.25) is 0 Å². The monoisotopic (exact) mass is 199 g/mol. The maximum atomic E-state index is 5.52. The van der Waals surface area contributed by atoms with Crippen molar-refractivity contribution in [2.75, 3.05) is 6.54 Å². The number of aryl methyl sites for hydroxylation is 2. The second-order valence-corrected chi connectivity index (χ2v) is 4.04. The lowest BCUT2D eigenvalue weighted by Crippen LogP contribution is -2.19. The van der Waals surface area contributed by atoms with E-state index < -0.39 is 0 Å². The molecule has 0 spiro atoms. The Bertz CT molecular complexity index is 387. The van der Waals surface area contributed by atoms with E-state index in [1.54, 1.807) is 0 Å². The van der Waals surface area contributed by atoms with Crippen molar-refractivity contribution in [3.05, 3.63) is 34.9 Å². The second kappa shape index (κ2) is 4.51. The van der Waals surface area contributed by atoms with Gasteiger partial charge in [-0.2, -0.15) is 0 Å². The van der Waals surface area contributed by atoms with Gasteiger partial charge in [0.2, 0.25) is 0 Å². The lowest BCUT2D eigenvalue weighted by atomic mass is 10.0. The molecule has 1 aromatic rings. The van der Waals surface area contributed by atoms with Crippen LogP contribution in [0, 0.1) is 12.3 Å². The molecule has 0 aromatic heterocycles. The van der Waals surface area contributed by atoms with E-state index in [0.717, 1.165) is 6.54 Å². The summed E-state index contributed by atoms with van der Waals surface area (Å²) in [5, 5.41) is 3.30. The normalized spacial score (nSPS) is 15.7. The van der Waals surface area contributed by atoms with Crippen LogP contribution in [0.1, 0.15) is 36.1 Å². The van der Waals surface area contributed by atoms with Crippen molar-refractivity contribution >= 4 is 0 Å². The third-order valence-corrected chi connectivity index (χ3v) is 3.03. The second-order valence-electron chi connectivity index (χ2n) is 4.04. The number of nitrogens with one attached hydrogen (secondary N) is 1. The van der Waals surface area contributed by atoms with Gasteiger partial charge in [-0.05, 0) is 42.5 Å². The fraction of sp³-hybridized carbons (Fsp3) is 0.429. The third-order valence-electron chi connectivity index (χ3n) is 3.03. The summed E-state index contributed by atoms with van der Waals surface area (Å²) >= 11 is 0. The molecule has 0 saturated heterocycles. The molecular weight excluding hydrogens is 182 g/mol. The van der Waals surface area contributed by atoms with Crippen molar-refractivity contribution in [3.8, 4) is 12.3 Å². The van der Waals surface area contributed by atoms with Crippen molar-refractivity contribution in [3.63, 3.8) is 0 Å². The van der Waals surface area contributed by atoms with Gasteiger partial charge in [0.1, 0.15) is 0 Å². The molecule has 0 heterocycles. The van der Waals surface area contributed by atoms with Crippen molar-refractivity contribution in [2.24, 2.45) is 0 Å². The first kappa shape index (κ1) is 10.3. The number of rotatable bonds is 3. The van der Waals surface area contributed by atoms with Gasteiger partial charge in [0.25, 0.3) is 0 Å². The smallest absolute Gasteiger partial charge is 0.0943 e. The molecule has 0 amide bonds. The highest BCUT2D eigenvalue weighted by Gasteiger charge is 2.13. The van der Waals surface area contributed by atoms with Gasteiger partial charge in [-0.25, -0.2) is 0 Å². The molecule has 2 rings (SSSR count). The van der Waals surface area contributed by atoms with E-state index in [2.05, 4.69) is 36.4 Å². The Morgan fingerprint density at radius 2 is 2.20 bits per heavy atom. The van der Waals surface area contributed by atoms with Crippen LogP contribution in [0.25, 0.3) is 0 Å². The van der Waals surface area contributed by atoms with Crippen LogP contribution in [0.15, 0.2) is 18.2 Å². The first-order valence-electron chi connectivity index (χ1n) is 5.66. The van der Waals surface area contributed by atoms with Gasteiger partial charge in [-0.1, -0.05) is 31.0 Å². The topological polar surface area (TPSA) is 12.0 Å². The molecule has 0 saturated carbocycles. The summed E-state index contributed by atoms with van der Waals surface area (Å²) in [4.78, 5) is 0. The molecule has 15 heavy (non-hydrogen) atoms. The highest BCUT2D eigenvalue weighted by molar-refractivity contribution is 5.38. The quantitative estimate of drug-likeness (QED) is 0.737. The van der Waals surface area contributed by atoms with Crippen molar-refractivity contribution in [1.82, 2.24) is 5.32 Å². The highest BCUT2D eigenvalue weighted by atomic mass is 14.9. The van der Waals surface area contributed by atoms with E-state index in [1.165, 1.54) is 36.0 Å². The molecule has 0 aliphatic heterocycles. The first-order chi connectivity index (χ1) is 7.35. The van der Waals surface area contributed by atoms with Crippen LogP contribution in [-0.2, 0) is 12.8 Å². The standard InChI is InChI=1S/C14H17N/c1-3-14(15-4-2)13-9-8-11-6-5-7-12(11)10-13/h1,8-10,14-15H,4-7H2,2H3. The minimum Gasteiger partial charge on any atom is -0.300 e. The summed E-state index contributed by atoms with van der Waals surface area (Å²) in [6, 6.07) is 6.74. The predicted octanol–water partition coefficient (Wildman–Crippen LogP) is 2.46. The fourth-order valence-corrected chi connectivity index (χ4v) is 2.25. The summed E-state index contributed by atoms with van der Waals surface area (Å²) < 4.78 is 0. The van der Waals surface area contributed by atoms with Crippen LogP contribution >= 0.6 is 0 Å². The van der Waals surface area contributed by atoms with E-state index in [0.29, 0.717) is 0 Å². The molecule has 78 valence electrons. The van der Waals surface area contributed by atoms with Gasteiger partial charge in [0.15, 0.2) is 0 Å². The Labute approximate surface area is 91.9 Å². The summed E-state index contributed by atoms with van der Waals surface area (Å²) in [6.45, 7) is 2.99. The van der Waals surface area contributed by atoms with Crippen molar-refractivity contribution in [1.29, 1.82) is 0 Å². The molecule has 1 heteroatoms. The molecule has 0 radical (unpaired) electrons. The number of fused-ring (bicyclic) bond motifs is 1. The van der Waals surface area contributed by atoms with Gasteiger partial charge in [-0.15, -0.1) is 6.42 Å². The minimum atomic E-state index is 0.0703. The Morgan fingerprint density at radius 1 is 1.40 bits per heavy atom. The zero-order valence-corrected chi connectivity index (χ0v) is 9.22. The molecule has 1 aromatic carbocycles. The molecule has 1 N–H and O–H groups in total. The van der Waals surface area contributed by atoms with Gasteiger partial charge in [0, 0.05) is 0 Å². The SMILES string of the molecule is C#CC(NCC)c1ccc2c(c1)CCC2. The van der Waals surface area contributed by atoms with E-state index in [-0.39, 0.29) is 6.04 Å². The zero-order valence-electron chi connectivity index (χ0n) is 9.22. The molecular formula is C14H17N. The number of hydrogen-bond donors (Lipinski definition) is 1. The van der Waals surface area contributed by atoms with E-state index in [1.807, 2.05) is 0 Å². The minimum absolute atomic E-state index is 0.0703. The molecule has 1 atom stereocenters. The van der Waals surface area contributed by atoms with E-state index in [9.17, 15) is 0 Å². The molecule has 0 fully saturated rings. The maximum absolute atomic E-state index is 5.52. The Kier molecular flexibility index (Phi) is 3.08. The Balaban J connectivity index is 2.25. The molecule has 1 unspecified atom stereocenters. The van der Waals surface area contributed by atoms with E-state index in [4.69, 9.17) is 6.42 Å². The molecule has 1 aliphatic carbocycles. The van der Waals surface area contributed by atoms with Crippen LogP contribution in [0.2, 0.25) is 0 Å². The van der Waals surface area contributed by atoms with Crippen LogP contribution in [0.3, 0.4) is 0 Å². The summed E-state index contributed by atoms with van der Waals surface area (Å²) in [5.41, 5.74) is 4.23.